The maximum absolute atomic E-state index is 14.0. The van der Waals surface area contributed by atoms with Crippen LogP contribution in [0.2, 0.25) is 0 Å². The fraction of sp³-hybridized carbons (Fsp3) is 0.543. The largest absolute Gasteiger partial charge is 0.394 e. The number of amides is 2. The first kappa shape index (κ1) is 39.7. The quantitative estimate of drug-likeness (QED) is 0.0794. The number of halogens is 1. The molecule has 10 N–H and O–H groups in total. The highest BCUT2D eigenvalue weighted by Crippen LogP contribution is 2.38. The standard InChI is InChI=1S/C35H47ClN6O10/c36-9-10-50-27-11-25(33(48)38-14-20-1-5-22(17-43)6-2-20)26(34(49)39-15-21-3-7-23(18-44)8-4-21)12-28(27)51-35-30(42-16-24(13-37)40-41-42)32(47)31(46)29(19-45)52-35/h1-8,16,25-32,35,43-47H,9-15,17-19,37H2,(H,38,48)(H,39,49)/p+1/t25-,26-,27-,28-,29+,30-,31+,32+,35-/m0/s1. The molecule has 0 radical (unpaired) electrons. The molecule has 1 saturated heterocycles. The van der Waals surface area contributed by atoms with Gasteiger partial charge in [-0.3, -0.25) is 9.59 Å². The Morgan fingerprint density at radius 3 is 1.88 bits per heavy atom. The van der Waals surface area contributed by atoms with E-state index in [0.717, 1.165) is 22.3 Å². The van der Waals surface area contributed by atoms with Gasteiger partial charge in [0.25, 0.3) is 0 Å². The number of aliphatic hydroxyl groups is 5. The summed E-state index contributed by atoms with van der Waals surface area (Å²) in [6.07, 6.45) is -5.44. The average Bonchev–Trinajstić information content (AvgIpc) is 3.65. The molecule has 1 aromatic heterocycles. The third-order valence-corrected chi connectivity index (χ3v) is 9.73. The third kappa shape index (κ3) is 9.70. The molecule has 1 aliphatic heterocycles. The average molecular weight is 748 g/mol. The summed E-state index contributed by atoms with van der Waals surface area (Å²) >= 11 is 6.01. The molecule has 1 saturated carbocycles. The van der Waals surface area contributed by atoms with Crippen LogP contribution in [0.15, 0.2) is 54.7 Å². The zero-order chi connectivity index (χ0) is 37.2. The van der Waals surface area contributed by atoms with Gasteiger partial charge in [0, 0.05) is 19.0 Å². The lowest BCUT2D eigenvalue weighted by Gasteiger charge is -2.46. The number of nitrogens with zero attached hydrogens (tertiary/aromatic N) is 3. The first-order valence-electron chi connectivity index (χ1n) is 17.3. The van der Waals surface area contributed by atoms with Gasteiger partial charge in [0.2, 0.25) is 11.8 Å². The summed E-state index contributed by atoms with van der Waals surface area (Å²) in [5.41, 5.74) is 7.39. The number of carbonyl (C=O) groups is 2. The number of benzene rings is 2. The van der Waals surface area contributed by atoms with Crippen molar-refractivity contribution in [2.45, 2.75) is 88.5 Å². The number of hydrogen-bond acceptors (Lipinski definition) is 12. The molecule has 17 heteroatoms. The number of rotatable bonds is 16. The van der Waals surface area contributed by atoms with Crippen LogP contribution in [0.25, 0.3) is 0 Å². The molecule has 284 valence electrons. The lowest BCUT2D eigenvalue weighted by molar-refractivity contribution is -0.387. The maximum Gasteiger partial charge on any atom is 0.224 e. The molecule has 52 heavy (non-hydrogen) atoms. The van der Waals surface area contributed by atoms with Crippen LogP contribution in [0.4, 0.5) is 0 Å². The highest BCUT2D eigenvalue weighted by atomic mass is 35.5. The van der Waals surface area contributed by atoms with Crippen molar-refractivity contribution < 1.29 is 55.1 Å². The predicted molar refractivity (Wildman–Crippen MR) is 183 cm³/mol. The number of hydrogen-bond donors (Lipinski definition) is 8. The van der Waals surface area contributed by atoms with Gasteiger partial charge in [0.1, 0.15) is 36.6 Å². The van der Waals surface area contributed by atoms with Gasteiger partial charge < -0.3 is 56.1 Å². The van der Waals surface area contributed by atoms with Crippen LogP contribution < -0.4 is 16.4 Å². The van der Waals surface area contributed by atoms with Gasteiger partial charge in [-0.2, -0.15) is 0 Å². The van der Waals surface area contributed by atoms with E-state index in [1.807, 2.05) is 0 Å². The first-order valence-corrected chi connectivity index (χ1v) is 17.8. The number of ether oxygens (including phenoxy) is 3. The summed E-state index contributed by atoms with van der Waals surface area (Å²) < 4.78 is 20.0. The summed E-state index contributed by atoms with van der Waals surface area (Å²) in [5, 5.41) is 64.8. The lowest BCUT2D eigenvalue weighted by Crippen LogP contribution is -2.59. The third-order valence-electron chi connectivity index (χ3n) is 9.58. The van der Waals surface area contributed by atoms with Crippen molar-refractivity contribution in [3.63, 3.8) is 0 Å². The zero-order valence-corrected chi connectivity index (χ0v) is 29.4. The molecule has 9 atom stereocenters. The van der Waals surface area contributed by atoms with E-state index in [1.54, 1.807) is 54.7 Å². The van der Waals surface area contributed by atoms with E-state index in [2.05, 4.69) is 26.7 Å². The van der Waals surface area contributed by atoms with Gasteiger partial charge in [-0.05, 0) is 35.1 Å². The molecule has 2 amide bonds. The predicted octanol–water partition coefficient (Wildman–Crippen LogP) is -1.35. The highest BCUT2D eigenvalue weighted by Gasteiger charge is 2.51. The van der Waals surface area contributed by atoms with E-state index in [9.17, 15) is 35.1 Å². The van der Waals surface area contributed by atoms with Gasteiger partial charge >= 0.3 is 0 Å². The lowest BCUT2D eigenvalue weighted by atomic mass is 9.75. The van der Waals surface area contributed by atoms with Crippen LogP contribution in [0, 0.1) is 11.8 Å². The Labute approximate surface area is 305 Å². The van der Waals surface area contributed by atoms with E-state index >= 15 is 0 Å². The summed E-state index contributed by atoms with van der Waals surface area (Å²) in [7, 11) is 0. The molecule has 5 rings (SSSR count). The monoisotopic (exact) mass is 747 g/mol. The van der Waals surface area contributed by atoms with Crippen molar-refractivity contribution in [1.29, 1.82) is 0 Å². The van der Waals surface area contributed by atoms with Crippen molar-refractivity contribution in [3.8, 4) is 0 Å². The molecule has 2 aliphatic rings. The Morgan fingerprint density at radius 1 is 0.865 bits per heavy atom. The molecule has 2 fully saturated rings. The molecule has 3 aromatic rings. The van der Waals surface area contributed by atoms with Crippen molar-refractivity contribution in [2.24, 2.45) is 11.8 Å². The van der Waals surface area contributed by atoms with Gasteiger partial charge in [0.15, 0.2) is 6.29 Å². The number of nitrogens with one attached hydrogen (secondary N) is 2. The SMILES string of the molecule is [NH3+]Cc1cn([C@@H]2[C@@H](O[C@H]3C[C@H](C(=O)NCc4ccc(CO)cc4)[C@@H](C(=O)NCc4ccc(CO)cc4)C[C@@H]3OCCCl)O[C@H](CO)[C@@H](O)[C@@H]2O)nn1. The molecule has 2 aromatic carbocycles. The number of quaternary nitrogens is 1. The maximum atomic E-state index is 14.0. The van der Waals surface area contributed by atoms with Crippen LogP contribution in [0.1, 0.15) is 46.8 Å². The van der Waals surface area contributed by atoms with Crippen LogP contribution in [0.5, 0.6) is 0 Å². The van der Waals surface area contributed by atoms with E-state index in [0.29, 0.717) is 12.2 Å². The molecule has 0 spiro atoms. The van der Waals surface area contributed by atoms with Crippen LogP contribution in [-0.2, 0) is 56.6 Å². The second-order valence-corrected chi connectivity index (χ2v) is 13.4. The smallest absolute Gasteiger partial charge is 0.224 e. The number of alkyl halides is 1. The Kier molecular flexibility index (Phi) is 14.5. The van der Waals surface area contributed by atoms with Crippen molar-refractivity contribution >= 4 is 23.4 Å². The van der Waals surface area contributed by atoms with E-state index < -0.39 is 67.2 Å². The molecule has 1 aliphatic carbocycles. The summed E-state index contributed by atoms with van der Waals surface area (Å²) in [5.74, 6) is -2.36. The molecule has 0 unspecified atom stereocenters. The van der Waals surface area contributed by atoms with E-state index in [-0.39, 0.29) is 57.5 Å². The van der Waals surface area contributed by atoms with E-state index in [1.165, 1.54) is 4.68 Å². The Balaban J connectivity index is 1.41. The fourth-order valence-corrected chi connectivity index (χ4v) is 6.69. The minimum Gasteiger partial charge on any atom is -0.394 e. The second-order valence-electron chi connectivity index (χ2n) is 13.0. The fourth-order valence-electron chi connectivity index (χ4n) is 6.60. The Bertz CT molecular complexity index is 1580. The van der Waals surface area contributed by atoms with Gasteiger partial charge in [0.05, 0.1) is 56.7 Å². The zero-order valence-electron chi connectivity index (χ0n) is 28.7. The van der Waals surface area contributed by atoms with Crippen molar-refractivity contribution in [1.82, 2.24) is 25.6 Å². The summed E-state index contributed by atoms with van der Waals surface area (Å²) in [4.78, 5) is 27.9. The van der Waals surface area contributed by atoms with Gasteiger partial charge in [-0.15, -0.1) is 16.7 Å². The highest BCUT2D eigenvalue weighted by molar-refractivity contribution is 6.17. The van der Waals surface area contributed by atoms with Gasteiger partial charge in [-0.25, -0.2) is 4.68 Å². The molecular weight excluding hydrogens is 700 g/mol. The van der Waals surface area contributed by atoms with Gasteiger partial charge in [-0.1, -0.05) is 53.7 Å². The molecule has 0 bridgehead atoms. The normalized spacial score (nSPS) is 27.6. The topological polar surface area (TPSA) is 245 Å². The summed E-state index contributed by atoms with van der Waals surface area (Å²) in [6.45, 7) is -0.0442. The van der Waals surface area contributed by atoms with Crippen LogP contribution in [-0.4, -0.2) is 108 Å². The Hall–Kier alpha value is -3.55. The number of carbonyl (C=O) groups excluding carboxylic acids is 2. The first-order chi connectivity index (χ1) is 25.2. The second kappa shape index (κ2) is 19.0. The molecular formula is C35H48ClN6O10+. The number of aliphatic hydroxyl groups excluding tert-OH is 5. The minimum atomic E-state index is -1.48. The Morgan fingerprint density at radius 2 is 1.40 bits per heavy atom. The van der Waals surface area contributed by atoms with Crippen molar-refractivity contribution in [2.75, 3.05) is 19.1 Å². The van der Waals surface area contributed by atoms with Crippen LogP contribution in [0.3, 0.4) is 0 Å². The molecule has 16 nitrogen and oxygen atoms in total. The van der Waals surface area contributed by atoms with E-state index in [4.69, 9.17) is 25.8 Å². The molecule has 2 heterocycles. The van der Waals surface area contributed by atoms with Crippen LogP contribution >= 0.6 is 11.6 Å². The van der Waals surface area contributed by atoms with Crippen molar-refractivity contribution in [3.05, 3.63) is 82.7 Å². The summed E-state index contributed by atoms with van der Waals surface area (Å²) in [6, 6.07) is 13.1. The number of aromatic nitrogens is 3. The minimum absolute atomic E-state index is 0.00201.